The van der Waals surface area contributed by atoms with Crippen LogP contribution in [0.25, 0.3) is 11.1 Å². The average Bonchev–Trinajstić information content (AvgIpc) is 3.12. The highest BCUT2D eigenvalue weighted by molar-refractivity contribution is 5.79. The fourth-order valence-corrected chi connectivity index (χ4v) is 5.42. The first-order valence-corrected chi connectivity index (χ1v) is 12.5. The van der Waals surface area contributed by atoms with Crippen molar-refractivity contribution in [1.82, 2.24) is 10.6 Å². The molecule has 0 spiro atoms. The molecule has 186 valence electrons. The number of carboxylic acid groups (broad SMARTS) is 1. The third-order valence-corrected chi connectivity index (χ3v) is 7.11. The van der Waals surface area contributed by atoms with Gasteiger partial charge in [-0.1, -0.05) is 61.9 Å². The van der Waals surface area contributed by atoms with Gasteiger partial charge in [-0.15, -0.1) is 0 Å². The lowest BCUT2D eigenvalue weighted by Crippen LogP contribution is -2.41. The lowest BCUT2D eigenvalue weighted by Gasteiger charge is -2.35. The molecule has 1 atom stereocenters. The van der Waals surface area contributed by atoms with Crippen LogP contribution in [0.3, 0.4) is 0 Å². The maximum Gasteiger partial charge on any atom is 0.407 e. The van der Waals surface area contributed by atoms with Crippen LogP contribution in [0.5, 0.6) is 0 Å². The number of alkyl carbamates (subject to hydrolysis) is 1. The molecule has 4 rings (SSSR count). The van der Waals surface area contributed by atoms with Gasteiger partial charge < -0.3 is 20.5 Å². The molecule has 2 aliphatic carbocycles. The third kappa shape index (κ3) is 6.21. The van der Waals surface area contributed by atoms with Gasteiger partial charge in [0, 0.05) is 24.9 Å². The first-order chi connectivity index (χ1) is 16.9. The summed E-state index contributed by atoms with van der Waals surface area (Å²) >= 11 is 0. The van der Waals surface area contributed by atoms with E-state index in [2.05, 4.69) is 34.9 Å². The van der Waals surface area contributed by atoms with Gasteiger partial charge in [-0.3, -0.25) is 9.59 Å². The summed E-state index contributed by atoms with van der Waals surface area (Å²) in [6, 6.07) is 16.2. The number of fused-ring (bicyclic) bond motifs is 3. The molecule has 2 aromatic carbocycles. The number of carbonyl (C=O) groups excluding carboxylic acids is 2. The highest BCUT2D eigenvalue weighted by atomic mass is 16.5. The van der Waals surface area contributed by atoms with Gasteiger partial charge in [0.05, 0.1) is 6.42 Å². The molecule has 0 aromatic heterocycles. The second kappa shape index (κ2) is 11.4. The second-order valence-corrected chi connectivity index (χ2v) is 9.77. The van der Waals surface area contributed by atoms with E-state index in [0.29, 0.717) is 31.9 Å². The van der Waals surface area contributed by atoms with E-state index in [9.17, 15) is 14.4 Å². The monoisotopic (exact) mass is 478 g/mol. The average molecular weight is 479 g/mol. The predicted molar refractivity (Wildman–Crippen MR) is 133 cm³/mol. The highest BCUT2D eigenvalue weighted by Gasteiger charge is 2.32. The number of carbonyl (C=O) groups is 3. The minimum Gasteiger partial charge on any atom is -0.481 e. The Kier molecular flexibility index (Phi) is 8.06. The summed E-state index contributed by atoms with van der Waals surface area (Å²) in [7, 11) is 0. The van der Waals surface area contributed by atoms with E-state index in [0.717, 1.165) is 19.3 Å². The lowest BCUT2D eigenvalue weighted by atomic mass is 9.73. The SMILES string of the molecule is CCC[C@@H](CC(=O)O)NC(=O)CC1CC(CNC(=O)OCC2c3ccccc3-c3ccccc32)C1. The van der Waals surface area contributed by atoms with Gasteiger partial charge in [-0.25, -0.2) is 4.79 Å². The lowest BCUT2D eigenvalue weighted by molar-refractivity contribution is -0.137. The van der Waals surface area contributed by atoms with Gasteiger partial charge in [-0.2, -0.15) is 0 Å². The number of amides is 2. The Labute approximate surface area is 206 Å². The molecule has 3 N–H and O–H groups in total. The van der Waals surface area contributed by atoms with Crippen molar-refractivity contribution in [2.75, 3.05) is 13.2 Å². The third-order valence-electron chi connectivity index (χ3n) is 7.11. The van der Waals surface area contributed by atoms with E-state index >= 15 is 0 Å². The number of hydrogen-bond donors (Lipinski definition) is 3. The smallest absolute Gasteiger partial charge is 0.407 e. The fraction of sp³-hybridized carbons (Fsp3) is 0.464. The Morgan fingerprint density at radius 2 is 1.63 bits per heavy atom. The van der Waals surface area contributed by atoms with Crippen molar-refractivity contribution in [3.05, 3.63) is 59.7 Å². The summed E-state index contributed by atoms with van der Waals surface area (Å²) in [5.41, 5.74) is 4.77. The summed E-state index contributed by atoms with van der Waals surface area (Å²) < 4.78 is 5.59. The van der Waals surface area contributed by atoms with Crippen LogP contribution in [0.15, 0.2) is 48.5 Å². The van der Waals surface area contributed by atoms with Crippen molar-refractivity contribution in [2.45, 2.75) is 57.4 Å². The van der Waals surface area contributed by atoms with Crippen molar-refractivity contribution in [3.8, 4) is 11.1 Å². The van der Waals surface area contributed by atoms with Crippen molar-refractivity contribution >= 4 is 18.0 Å². The van der Waals surface area contributed by atoms with E-state index in [-0.39, 0.29) is 30.2 Å². The molecule has 7 heteroatoms. The maximum atomic E-state index is 12.4. The normalized spacial score (nSPS) is 19.1. The second-order valence-electron chi connectivity index (χ2n) is 9.77. The number of aliphatic carboxylic acids is 1. The molecule has 0 radical (unpaired) electrons. The molecule has 0 heterocycles. The summed E-state index contributed by atoms with van der Waals surface area (Å²) in [6.07, 6.45) is 3.17. The molecule has 0 unspecified atom stereocenters. The number of nitrogens with one attached hydrogen (secondary N) is 2. The summed E-state index contributed by atoms with van der Waals surface area (Å²) in [5, 5.41) is 14.7. The molecule has 7 nitrogen and oxygen atoms in total. The maximum absolute atomic E-state index is 12.4. The van der Waals surface area contributed by atoms with E-state index in [1.165, 1.54) is 22.3 Å². The molecule has 1 saturated carbocycles. The van der Waals surface area contributed by atoms with Crippen LogP contribution in [-0.2, 0) is 14.3 Å². The van der Waals surface area contributed by atoms with Crippen molar-refractivity contribution in [2.24, 2.45) is 11.8 Å². The summed E-state index contributed by atoms with van der Waals surface area (Å²) in [5.74, 6) is -0.336. The van der Waals surface area contributed by atoms with Crippen LogP contribution in [-0.4, -0.2) is 42.3 Å². The van der Waals surface area contributed by atoms with Gasteiger partial charge in [0.1, 0.15) is 6.61 Å². The Bertz CT molecular complexity index is 1020. The molecule has 0 saturated heterocycles. The highest BCUT2D eigenvalue weighted by Crippen LogP contribution is 2.44. The zero-order chi connectivity index (χ0) is 24.8. The van der Waals surface area contributed by atoms with Crippen LogP contribution in [0.2, 0.25) is 0 Å². The molecular weight excluding hydrogens is 444 g/mol. The number of hydrogen-bond acceptors (Lipinski definition) is 4. The Morgan fingerprint density at radius 1 is 1.00 bits per heavy atom. The quantitative estimate of drug-likeness (QED) is 0.434. The number of rotatable bonds is 11. The van der Waals surface area contributed by atoms with E-state index < -0.39 is 12.1 Å². The standard InChI is InChI=1S/C28H34N2O5/c1-2-7-20(15-27(32)33)30-26(31)14-18-12-19(13-18)16-29-28(34)35-17-25-23-10-5-3-8-21(23)22-9-4-6-11-24(22)25/h3-6,8-11,18-20,25H,2,7,12-17H2,1H3,(H,29,34)(H,30,31)(H,32,33)/t18?,19?,20-/m0/s1. The van der Waals surface area contributed by atoms with E-state index in [4.69, 9.17) is 9.84 Å². The number of carboxylic acids is 1. The zero-order valence-electron chi connectivity index (χ0n) is 20.2. The minimum atomic E-state index is -0.897. The minimum absolute atomic E-state index is 0.0393. The predicted octanol–water partition coefficient (Wildman–Crippen LogP) is 4.70. The molecule has 35 heavy (non-hydrogen) atoms. The van der Waals surface area contributed by atoms with E-state index in [1.54, 1.807) is 0 Å². The van der Waals surface area contributed by atoms with Gasteiger partial charge in [0.25, 0.3) is 0 Å². The number of benzene rings is 2. The van der Waals surface area contributed by atoms with Gasteiger partial charge in [0.2, 0.25) is 5.91 Å². The summed E-state index contributed by atoms with van der Waals surface area (Å²) in [4.78, 5) is 35.6. The van der Waals surface area contributed by atoms with Crippen LogP contribution in [0, 0.1) is 11.8 Å². The van der Waals surface area contributed by atoms with Crippen molar-refractivity contribution < 1.29 is 24.2 Å². The molecular formula is C28H34N2O5. The fourth-order valence-electron chi connectivity index (χ4n) is 5.42. The van der Waals surface area contributed by atoms with Gasteiger partial charge in [-0.05, 0) is 53.4 Å². The van der Waals surface area contributed by atoms with Crippen LogP contribution in [0.4, 0.5) is 4.79 Å². The van der Waals surface area contributed by atoms with E-state index in [1.807, 2.05) is 31.2 Å². The van der Waals surface area contributed by atoms with Gasteiger partial charge >= 0.3 is 12.1 Å². The molecule has 2 aromatic rings. The molecule has 1 fully saturated rings. The van der Waals surface area contributed by atoms with Gasteiger partial charge in [0.15, 0.2) is 0 Å². The number of ether oxygens (including phenoxy) is 1. The van der Waals surface area contributed by atoms with Crippen molar-refractivity contribution in [3.63, 3.8) is 0 Å². The molecule has 0 bridgehead atoms. The topological polar surface area (TPSA) is 105 Å². The molecule has 2 aliphatic rings. The first-order valence-electron chi connectivity index (χ1n) is 12.5. The van der Waals surface area contributed by atoms with Crippen molar-refractivity contribution in [1.29, 1.82) is 0 Å². The largest absolute Gasteiger partial charge is 0.481 e. The Morgan fingerprint density at radius 3 is 2.23 bits per heavy atom. The van der Waals surface area contributed by atoms with Crippen LogP contribution in [0.1, 0.15) is 62.5 Å². The van der Waals surface area contributed by atoms with Crippen LogP contribution >= 0.6 is 0 Å². The molecule has 2 amide bonds. The van der Waals surface area contributed by atoms with Crippen LogP contribution < -0.4 is 10.6 Å². The molecule has 0 aliphatic heterocycles. The zero-order valence-corrected chi connectivity index (χ0v) is 20.2. The Balaban J connectivity index is 1.16. The summed E-state index contributed by atoms with van der Waals surface area (Å²) in [6.45, 7) is 2.80. The Hall–Kier alpha value is -3.35. The first kappa shape index (κ1) is 24.8.